The second kappa shape index (κ2) is 7.98. The van der Waals surface area contributed by atoms with Crippen molar-refractivity contribution in [1.29, 1.82) is 0 Å². The van der Waals surface area contributed by atoms with E-state index in [0.29, 0.717) is 44.7 Å². The largest absolute Gasteiger partial charge is 0.465 e. The molecule has 0 aliphatic carbocycles. The van der Waals surface area contributed by atoms with E-state index in [-0.39, 0.29) is 18.0 Å². The van der Waals surface area contributed by atoms with Crippen LogP contribution >= 0.6 is 0 Å². The average Bonchev–Trinajstić information content (AvgIpc) is 3.18. The van der Waals surface area contributed by atoms with Crippen molar-refractivity contribution in [3.05, 3.63) is 17.7 Å². The van der Waals surface area contributed by atoms with Crippen molar-refractivity contribution in [2.24, 2.45) is 0 Å². The van der Waals surface area contributed by atoms with Crippen LogP contribution < -0.4 is 5.32 Å². The third-order valence-corrected chi connectivity index (χ3v) is 5.44. The zero-order chi connectivity index (χ0) is 19.6. The van der Waals surface area contributed by atoms with E-state index in [1.165, 1.54) is 0 Å². The van der Waals surface area contributed by atoms with Crippen LogP contribution in [0.15, 0.2) is 6.20 Å². The van der Waals surface area contributed by atoms with E-state index < -0.39 is 12.1 Å². The lowest BCUT2D eigenvalue weighted by Gasteiger charge is -2.37. The number of aromatic nitrogens is 2. The number of amides is 3. The number of nitrogens with zero attached hydrogens (tertiary/aromatic N) is 4. The van der Waals surface area contributed by atoms with Crippen molar-refractivity contribution in [2.45, 2.75) is 64.6 Å². The molecule has 9 heteroatoms. The maximum absolute atomic E-state index is 12.7. The number of nitrogens with one attached hydrogen (secondary N) is 1. The van der Waals surface area contributed by atoms with Crippen LogP contribution in [0.4, 0.5) is 9.59 Å². The summed E-state index contributed by atoms with van der Waals surface area (Å²) in [6, 6.07) is -0.651. The molecule has 0 saturated carbocycles. The first-order valence-corrected chi connectivity index (χ1v) is 9.54. The number of aryl methyl sites for hydroxylation is 1. The Bertz CT molecular complexity index is 723. The predicted molar refractivity (Wildman–Crippen MR) is 97.4 cm³/mol. The van der Waals surface area contributed by atoms with E-state index >= 15 is 0 Å². The van der Waals surface area contributed by atoms with Gasteiger partial charge in [0.1, 0.15) is 11.9 Å². The topological polar surface area (TPSA) is 108 Å². The number of carboxylic acid groups (broad SMARTS) is 1. The quantitative estimate of drug-likeness (QED) is 0.786. The first-order chi connectivity index (χ1) is 12.9. The fourth-order valence-corrected chi connectivity index (χ4v) is 3.95. The molecule has 3 heterocycles. The summed E-state index contributed by atoms with van der Waals surface area (Å²) in [5.41, 5.74) is 0.904. The summed E-state index contributed by atoms with van der Waals surface area (Å²) in [5.74, 6) is 0.534. The maximum atomic E-state index is 12.7. The van der Waals surface area contributed by atoms with Crippen molar-refractivity contribution >= 4 is 18.0 Å². The number of likely N-dealkylation sites (tertiary alicyclic amines) is 1. The van der Waals surface area contributed by atoms with Gasteiger partial charge in [-0.05, 0) is 26.2 Å². The molecule has 2 aliphatic rings. The SMILES string of the molecule is CCCC[C@@H](NC(=O)O)C(=O)N1CCC(N2Cc3cnc(C)n3C2=O)CC1. The van der Waals surface area contributed by atoms with Crippen LogP contribution in [0.2, 0.25) is 0 Å². The molecule has 1 fully saturated rings. The molecule has 1 saturated heterocycles. The Morgan fingerprint density at radius 2 is 2.07 bits per heavy atom. The standard InChI is InChI=1S/C18H27N5O4/c1-3-4-5-15(20-17(25)26)16(24)21-8-6-13(7-9-21)22-11-14-10-19-12(2)23(14)18(22)27/h10,13,15,20H,3-9,11H2,1-2H3,(H,25,26)/t15-/m1/s1. The monoisotopic (exact) mass is 377 g/mol. The number of unbranched alkanes of at least 4 members (excludes halogenated alkanes) is 1. The summed E-state index contributed by atoms with van der Waals surface area (Å²) in [4.78, 5) is 44.1. The van der Waals surface area contributed by atoms with E-state index in [0.717, 1.165) is 18.5 Å². The highest BCUT2D eigenvalue weighted by molar-refractivity contribution is 5.85. The number of carbonyl (C=O) groups is 3. The minimum absolute atomic E-state index is 0.0434. The molecule has 9 nitrogen and oxygen atoms in total. The predicted octanol–water partition coefficient (Wildman–Crippen LogP) is 1.79. The smallest absolute Gasteiger partial charge is 0.405 e. The third kappa shape index (κ3) is 3.91. The molecule has 3 rings (SSSR count). The normalized spacial score (nSPS) is 18.5. The third-order valence-electron chi connectivity index (χ3n) is 5.44. The molecule has 2 N–H and O–H groups in total. The van der Waals surface area contributed by atoms with Crippen molar-refractivity contribution in [1.82, 2.24) is 24.7 Å². The molecule has 27 heavy (non-hydrogen) atoms. The van der Waals surface area contributed by atoms with Crippen molar-refractivity contribution in [2.75, 3.05) is 13.1 Å². The van der Waals surface area contributed by atoms with Crippen molar-refractivity contribution < 1.29 is 19.5 Å². The number of carbonyl (C=O) groups excluding carboxylic acids is 2. The molecule has 1 aromatic rings. The second-order valence-corrected chi connectivity index (χ2v) is 7.24. The van der Waals surface area contributed by atoms with Gasteiger partial charge < -0.3 is 20.2 Å². The Morgan fingerprint density at radius 1 is 1.37 bits per heavy atom. The molecule has 3 amide bonds. The lowest BCUT2D eigenvalue weighted by atomic mass is 10.0. The number of piperidine rings is 1. The average molecular weight is 377 g/mol. The van der Waals surface area contributed by atoms with Gasteiger partial charge in [0, 0.05) is 19.1 Å². The molecule has 2 aliphatic heterocycles. The van der Waals surface area contributed by atoms with Crippen LogP contribution in [0.5, 0.6) is 0 Å². The molecular formula is C18H27N5O4. The summed E-state index contributed by atoms with van der Waals surface area (Å²) in [7, 11) is 0. The molecule has 148 valence electrons. The molecular weight excluding hydrogens is 350 g/mol. The number of rotatable bonds is 6. The highest BCUT2D eigenvalue weighted by atomic mass is 16.4. The summed E-state index contributed by atoms with van der Waals surface area (Å²) in [5, 5.41) is 11.4. The summed E-state index contributed by atoms with van der Waals surface area (Å²) < 4.78 is 1.65. The minimum atomic E-state index is -1.17. The van der Waals surface area contributed by atoms with E-state index in [2.05, 4.69) is 10.3 Å². The Labute approximate surface area is 158 Å². The first-order valence-electron chi connectivity index (χ1n) is 9.54. The fourth-order valence-electron chi connectivity index (χ4n) is 3.95. The minimum Gasteiger partial charge on any atom is -0.465 e. The Kier molecular flexibility index (Phi) is 5.67. The molecule has 0 aromatic carbocycles. The van der Waals surface area contributed by atoms with E-state index in [4.69, 9.17) is 5.11 Å². The van der Waals surface area contributed by atoms with Crippen LogP contribution in [0.1, 0.15) is 50.5 Å². The molecule has 0 bridgehead atoms. The van der Waals surface area contributed by atoms with Crippen molar-refractivity contribution in [3.63, 3.8) is 0 Å². The van der Waals surface area contributed by atoms with Crippen LogP contribution in [-0.2, 0) is 11.3 Å². The maximum Gasteiger partial charge on any atom is 0.405 e. The highest BCUT2D eigenvalue weighted by Gasteiger charge is 2.37. The van der Waals surface area contributed by atoms with E-state index in [9.17, 15) is 14.4 Å². The van der Waals surface area contributed by atoms with Crippen LogP contribution in [0.25, 0.3) is 0 Å². The lowest BCUT2D eigenvalue weighted by molar-refractivity contribution is -0.135. The van der Waals surface area contributed by atoms with Gasteiger partial charge in [-0.3, -0.25) is 9.36 Å². The van der Waals surface area contributed by atoms with Gasteiger partial charge in [-0.2, -0.15) is 0 Å². The van der Waals surface area contributed by atoms with Gasteiger partial charge in [-0.15, -0.1) is 0 Å². The van der Waals surface area contributed by atoms with Gasteiger partial charge in [-0.1, -0.05) is 19.8 Å². The van der Waals surface area contributed by atoms with Gasteiger partial charge in [0.25, 0.3) is 0 Å². The Balaban J connectivity index is 1.57. The number of hydrogen-bond donors (Lipinski definition) is 2. The van der Waals surface area contributed by atoms with Crippen molar-refractivity contribution in [3.8, 4) is 0 Å². The van der Waals surface area contributed by atoms with Crippen LogP contribution in [0, 0.1) is 6.92 Å². The van der Waals surface area contributed by atoms with Gasteiger partial charge in [0.05, 0.1) is 18.4 Å². The number of imidazole rings is 1. The lowest BCUT2D eigenvalue weighted by Crippen LogP contribution is -2.53. The zero-order valence-corrected chi connectivity index (χ0v) is 15.8. The Morgan fingerprint density at radius 3 is 2.67 bits per heavy atom. The summed E-state index contributed by atoms with van der Waals surface area (Å²) in [6.07, 6.45) is 4.16. The van der Waals surface area contributed by atoms with Gasteiger partial charge in [0.15, 0.2) is 0 Å². The van der Waals surface area contributed by atoms with Gasteiger partial charge >= 0.3 is 12.1 Å². The summed E-state index contributed by atoms with van der Waals surface area (Å²) >= 11 is 0. The van der Waals surface area contributed by atoms with Crippen LogP contribution in [-0.4, -0.2) is 67.7 Å². The highest BCUT2D eigenvalue weighted by Crippen LogP contribution is 2.26. The van der Waals surface area contributed by atoms with Crippen LogP contribution in [0.3, 0.4) is 0 Å². The first kappa shape index (κ1) is 19.2. The van der Waals surface area contributed by atoms with Gasteiger partial charge in [-0.25, -0.2) is 14.6 Å². The zero-order valence-electron chi connectivity index (χ0n) is 15.8. The summed E-state index contributed by atoms with van der Waals surface area (Å²) in [6.45, 7) is 5.44. The molecule has 1 aromatic heterocycles. The molecule has 0 unspecified atom stereocenters. The molecule has 0 spiro atoms. The van der Waals surface area contributed by atoms with Gasteiger partial charge in [0.2, 0.25) is 5.91 Å². The number of fused-ring (bicyclic) bond motifs is 1. The van der Waals surface area contributed by atoms with E-state index in [1.807, 2.05) is 18.7 Å². The molecule has 1 atom stereocenters. The Hall–Kier alpha value is -2.58. The molecule has 0 radical (unpaired) electrons. The second-order valence-electron chi connectivity index (χ2n) is 7.24. The fraction of sp³-hybridized carbons (Fsp3) is 0.667. The van der Waals surface area contributed by atoms with E-state index in [1.54, 1.807) is 15.7 Å². The number of hydrogen-bond acceptors (Lipinski definition) is 4.